The molecule has 0 unspecified atom stereocenters. The zero-order chi connectivity index (χ0) is 13.1. The summed E-state index contributed by atoms with van der Waals surface area (Å²) in [7, 11) is 0. The van der Waals surface area contributed by atoms with Gasteiger partial charge < -0.3 is 5.32 Å². The number of hydrogen-bond acceptors (Lipinski definition) is 2. The van der Waals surface area contributed by atoms with Crippen LogP contribution in [-0.2, 0) is 0 Å². The molecule has 0 aromatic heterocycles. The van der Waals surface area contributed by atoms with E-state index in [0.29, 0.717) is 13.1 Å². The molecule has 1 aromatic carbocycles. The minimum atomic E-state index is -0.920. The van der Waals surface area contributed by atoms with Crippen LogP contribution in [0.15, 0.2) is 12.1 Å². The highest BCUT2D eigenvalue weighted by atomic mass is 19.2. The lowest BCUT2D eigenvalue weighted by atomic mass is 10.0. The molecule has 2 nitrogen and oxygen atoms in total. The molecule has 1 aliphatic heterocycles. The summed E-state index contributed by atoms with van der Waals surface area (Å²) >= 11 is 0. The van der Waals surface area contributed by atoms with Gasteiger partial charge in [0.15, 0.2) is 11.6 Å². The Hall–Kier alpha value is -1.07. The van der Waals surface area contributed by atoms with Crippen LogP contribution < -0.4 is 5.32 Å². The second-order valence-corrected chi connectivity index (χ2v) is 4.56. The largest absolute Gasteiger partial charge is 0.314 e. The third-order valence-electron chi connectivity index (χ3n) is 3.40. The Labute approximate surface area is 105 Å². The van der Waals surface area contributed by atoms with E-state index in [4.69, 9.17) is 0 Å². The molecule has 1 aromatic rings. The van der Waals surface area contributed by atoms with E-state index in [1.54, 1.807) is 0 Å². The lowest BCUT2D eigenvalue weighted by Gasteiger charge is -2.33. The van der Waals surface area contributed by atoms with Gasteiger partial charge in [0, 0.05) is 31.7 Å². The highest BCUT2D eigenvalue weighted by Crippen LogP contribution is 2.27. The SMILES string of the molecule is Cc1ccc([C@H](CF)N2CCNCC2)c(F)c1F. The summed E-state index contributed by atoms with van der Waals surface area (Å²) < 4.78 is 40.6. The van der Waals surface area contributed by atoms with Gasteiger partial charge in [0.05, 0.1) is 6.04 Å². The first-order valence-corrected chi connectivity index (χ1v) is 6.10. The Morgan fingerprint density at radius 1 is 1.22 bits per heavy atom. The van der Waals surface area contributed by atoms with Crippen LogP contribution in [0.3, 0.4) is 0 Å². The third kappa shape index (κ3) is 2.52. The first-order chi connectivity index (χ1) is 8.65. The van der Waals surface area contributed by atoms with Gasteiger partial charge >= 0.3 is 0 Å². The summed E-state index contributed by atoms with van der Waals surface area (Å²) in [6.07, 6.45) is 0. The van der Waals surface area contributed by atoms with Crippen molar-refractivity contribution in [2.24, 2.45) is 0 Å². The minimum Gasteiger partial charge on any atom is -0.314 e. The maximum absolute atomic E-state index is 13.9. The maximum Gasteiger partial charge on any atom is 0.163 e. The van der Waals surface area contributed by atoms with E-state index in [1.807, 2.05) is 4.90 Å². The van der Waals surface area contributed by atoms with Crippen molar-refractivity contribution in [1.29, 1.82) is 0 Å². The van der Waals surface area contributed by atoms with Crippen LogP contribution >= 0.6 is 0 Å². The van der Waals surface area contributed by atoms with Crippen LogP contribution in [0.5, 0.6) is 0 Å². The fourth-order valence-corrected chi connectivity index (χ4v) is 2.29. The number of hydrogen-bond donors (Lipinski definition) is 1. The van der Waals surface area contributed by atoms with Crippen molar-refractivity contribution in [1.82, 2.24) is 10.2 Å². The highest BCUT2D eigenvalue weighted by molar-refractivity contribution is 5.28. The smallest absolute Gasteiger partial charge is 0.163 e. The van der Waals surface area contributed by atoms with Crippen molar-refractivity contribution in [2.75, 3.05) is 32.9 Å². The van der Waals surface area contributed by atoms with Crippen LogP contribution in [0.25, 0.3) is 0 Å². The average molecular weight is 258 g/mol. The zero-order valence-electron chi connectivity index (χ0n) is 10.3. The van der Waals surface area contributed by atoms with Gasteiger partial charge in [0.1, 0.15) is 6.67 Å². The maximum atomic E-state index is 13.9. The molecule has 5 heteroatoms. The average Bonchev–Trinajstić information content (AvgIpc) is 2.41. The normalized spacial score (nSPS) is 18.9. The molecule has 0 saturated carbocycles. The lowest BCUT2D eigenvalue weighted by Crippen LogP contribution is -2.45. The number of piperazine rings is 1. The van der Waals surface area contributed by atoms with Gasteiger partial charge in [-0.25, -0.2) is 13.2 Å². The first-order valence-electron chi connectivity index (χ1n) is 6.10. The molecule has 1 saturated heterocycles. The van der Waals surface area contributed by atoms with Crippen molar-refractivity contribution in [3.63, 3.8) is 0 Å². The Bertz CT molecular complexity index is 417. The van der Waals surface area contributed by atoms with E-state index < -0.39 is 24.4 Å². The fraction of sp³-hybridized carbons (Fsp3) is 0.538. The van der Waals surface area contributed by atoms with Crippen molar-refractivity contribution in [3.05, 3.63) is 34.9 Å². The van der Waals surface area contributed by atoms with Gasteiger partial charge in [-0.3, -0.25) is 4.90 Å². The van der Waals surface area contributed by atoms with Gasteiger partial charge in [0.2, 0.25) is 0 Å². The van der Waals surface area contributed by atoms with E-state index in [9.17, 15) is 13.2 Å². The van der Waals surface area contributed by atoms with Crippen LogP contribution in [0.1, 0.15) is 17.2 Å². The van der Waals surface area contributed by atoms with Crippen molar-refractivity contribution in [3.8, 4) is 0 Å². The van der Waals surface area contributed by atoms with Gasteiger partial charge in [-0.2, -0.15) is 0 Å². The number of aryl methyl sites for hydroxylation is 1. The molecule has 1 N–H and O–H groups in total. The quantitative estimate of drug-likeness (QED) is 0.894. The van der Waals surface area contributed by atoms with E-state index in [1.165, 1.54) is 19.1 Å². The van der Waals surface area contributed by atoms with Crippen molar-refractivity contribution < 1.29 is 13.2 Å². The summed E-state index contributed by atoms with van der Waals surface area (Å²) in [5, 5.41) is 3.15. The molecule has 0 amide bonds. The van der Waals surface area contributed by atoms with Crippen molar-refractivity contribution in [2.45, 2.75) is 13.0 Å². The molecule has 0 aliphatic carbocycles. The predicted molar refractivity (Wildman–Crippen MR) is 64.3 cm³/mol. The molecule has 1 heterocycles. The van der Waals surface area contributed by atoms with Gasteiger partial charge in [-0.1, -0.05) is 12.1 Å². The van der Waals surface area contributed by atoms with Crippen LogP contribution in [0.2, 0.25) is 0 Å². The molecule has 2 rings (SSSR count). The second kappa shape index (κ2) is 5.71. The number of rotatable bonds is 3. The topological polar surface area (TPSA) is 15.3 Å². The van der Waals surface area contributed by atoms with E-state index in [-0.39, 0.29) is 11.1 Å². The standard InChI is InChI=1S/C13H17F3N2/c1-9-2-3-10(13(16)12(9)15)11(8-14)18-6-4-17-5-7-18/h2-3,11,17H,4-8H2,1H3/t11-/m0/s1. The molecule has 1 aliphatic rings. The molecular weight excluding hydrogens is 241 g/mol. The summed E-state index contributed by atoms with van der Waals surface area (Å²) in [6.45, 7) is 3.56. The number of benzene rings is 1. The van der Waals surface area contributed by atoms with E-state index in [0.717, 1.165) is 13.1 Å². The number of nitrogens with zero attached hydrogens (tertiary/aromatic N) is 1. The van der Waals surface area contributed by atoms with Gasteiger partial charge in [0.25, 0.3) is 0 Å². The molecule has 1 fully saturated rings. The van der Waals surface area contributed by atoms with Gasteiger partial charge in [-0.05, 0) is 12.5 Å². The second-order valence-electron chi connectivity index (χ2n) is 4.56. The molecule has 100 valence electrons. The van der Waals surface area contributed by atoms with Crippen molar-refractivity contribution >= 4 is 0 Å². The van der Waals surface area contributed by atoms with E-state index in [2.05, 4.69) is 5.32 Å². The summed E-state index contributed by atoms with van der Waals surface area (Å²) in [5.41, 5.74) is 0.358. The monoisotopic (exact) mass is 258 g/mol. The summed E-state index contributed by atoms with van der Waals surface area (Å²) in [5.74, 6) is -1.79. The van der Waals surface area contributed by atoms with Gasteiger partial charge in [-0.15, -0.1) is 0 Å². The zero-order valence-corrected chi connectivity index (χ0v) is 10.3. The van der Waals surface area contributed by atoms with Crippen LogP contribution in [-0.4, -0.2) is 37.8 Å². The van der Waals surface area contributed by atoms with Crippen LogP contribution in [0.4, 0.5) is 13.2 Å². The van der Waals surface area contributed by atoms with E-state index >= 15 is 0 Å². The highest BCUT2D eigenvalue weighted by Gasteiger charge is 2.26. The number of halogens is 3. The Morgan fingerprint density at radius 3 is 2.50 bits per heavy atom. The Morgan fingerprint density at radius 2 is 1.89 bits per heavy atom. The molecule has 1 atom stereocenters. The molecule has 0 bridgehead atoms. The summed E-state index contributed by atoms with van der Waals surface area (Å²) in [4.78, 5) is 1.85. The molecule has 0 spiro atoms. The predicted octanol–water partition coefficient (Wildman–Crippen LogP) is 2.19. The Balaban J connectivity index is 2.29. The first kappa shape index (κ1) is 13.4. The molecule has 18 heavy (non-hydrogen) atoms. The lowest BCUT2D eigenvalue weighted by molar-refractivity contribution is 0.144. The number of alkyl halides is 1. The van der Waals surface area contributed by atoms with Crippen LogP contribution in [0, 0.1) is 18.6 Å². The molecule has 0 radical (unpaired) electrons. The molecular formula is C13H17F3N2. The summed E-state index contributed by atoms with van der Waals surface area (Å²) in [6, 6.07) is 2.29. The fourth-order valence-electron chi connectivity index (χ4n) is 2.29. The minimum absolute atomic E-state index is 0.113. The Kier molecular flexibility index (Phi) is 4.24. The number of nitrogens with one attached hydrogen (secondary N) is 1. The third-order valence-corrected chi connectivity index (χ3v) is 3.40.